The number of hydrogen-bond donors (Lipinski definition) is 0. The summed E-state index contributed by atoms with van der Waals surface area (Å²) in [6.45, 7) is 4.83. The Labute approximate surface area is 313 Å². The van der Waals surface area contributed by atoms with Gasteiger partial charge in [0.15, 0.2) is 0 Å². The van der Waals surface area contributed by atoms with E-state index in [2.05, 4.69) is 194 Å². The fourth-order valence-corrected chi connectivity index (χ4v) is 10.1. The van der Waals surface area contributed by atoms with Crippen LogP contribution in [0.5, 0.6) is 0 Å². The van der Waals surface area contributed by atoms with Gasteiger partial charge >= 0.3 is 0 Å². The van der Waals surface area contributed by atoms with Crippen molar-refractivity contribution in [3.8, 4) is 50.2 Å². The molecule has 0 N–H and O–H groups in total. The van der Waals surface area contributed by atoms with Crippen LogP contribution in [0, 0.1) is 0 Å². The highest BCUT2D eigenvalue weighted by molar-refractivity contribution is 7.25. The van der Waals surface area contributed by atoms with Gasteiger partial charge in [0.1, 0.15) is 0 Å². The molecular formula is C51H35NS. The number of fused-ring (bicyclic) bond motifs is 10. The van der Waals surface area contributed by atoms with Gasteiger partial charge in [0.05, 0.1) is 11.0 Å². The van der Waals surface area contributed by atoms with Crippen LogP contribution in [-0.4, -0.2) is 4.57 Å². The van der Waals surface area contributed by atoms with Gasteiger partial charge in [0.25, 0.3) is 0 Å². The second-order valence-electron chi connectivity index (χ2n) is 14.9. The predicted molar refractivity (Wildman–Crippen MR) is 228 cm³/mol. The molecule has 250 valence electrons. The van der Waals surface area contributed by atoms with Gasteiger partial charge in [0.2, 0.25) is 0 Å². The van der Waals surface area contributed by atoms with Gasteiger partial charge in [-0.05, 0) is 104 Å². The average Bonchev–Trinajstić information content (AvgIpc) is 3.83. The normalized spacial score (nSPS) is 13.2. The minimum atomic E-state index is -0.122. The van der Waals surface area contributed by atoms with Crippen molar-refractivity contribution in [2.24, 2.45) is 0 Å². The summed E-state index contributed by atoms with van der Waals surface area (Å²) in [5, 5.41) is 5.32. The van der Waals surface area contributed by atoms with Gasteiger partial charge in [-0.3, -0.25) is 0 Å². The molecule has 2 heterocycles. The zero-order valence-electron chi connectivity index (χ0n) is 29.6. The van der Waals surface area contributed by atoms with Crippen molar-refractivity contribution < 1.29 is 0 Å². The molecule has 0 fully saturated rings. The number of benzene rings is 8. The monoisotopic (exact) mass is 693 g/mol. The van der Waals surface area contributed by atoms with Crippen molar-refractivity contribution >= 4 is 53.3 Å². The first-order chi connectivity index (χ1) is 26.0. The molecule has 0 bridgehead atoms. The lowest BCUT2D eigenvalue weighted by molar-refractivity contribution is 0.667. The molecule has 0 radical (unpaired) electrons. The number of para-hydroxylation sites is 1. The van der Waals surface area contributed by atoms with Gasteiger partial charge in [-0.2, -0.15) is 0 Å². The van der Waals surface area contributed by atoms with Gasteiger partial charge < -0.3 is 4.57 Å². The third-order valence-electron chi connectivity index (χ3n) is 11.6. The molecule has 2 aromatic heterocycles. The second kappa shape index (κ2) is 11.4. The van der Waals surface area contributed by atoms with Crippen LogP contribution in [0.3, 0.4) is 0 Å². The summed E-state index contributed by atoms with van der Waals surface area (Å²) in [5.41, 5.74) is 16.5. The maximum atomic E-state index is 2.46. The zero-order chi connectivity index (χ0) is 35.3. The number of hydrogen-bond acceptors (Lipinski definition) is 1. The first-order valence-electron chi connectivity index (χ1n) is 18.4. The van der Waals surface area contributed by atoms with E-state index in [-0.39, 0.29) is 5.41 Å². The Bertz CT molecular complexity index is 3050. The van der Waals surface area contributed by atoms with E-state index in [1.54, 1.807) is 0 Å². The van der Waals surface area contributed by atoms with Gasteiger partial charge in [-0.25, -0.2) is 0 Å². The van der Waals surface area contributed by atoms with Crippen LogP contribution >= 0.6 is 11.3 Å². The van der Waals surface area contributed by atoms with E-state index < -0.39 is 0 Å². The van der Waals surface area contributed by atoms with E-state index in [0.717, 1.165) is 0 Å². The van der Waals surface area contributed by atoms with Crippen molar-refractivity contribution in [1.82, 2.24) is 4.57 Å². The van der Waals surface area contributed by atoms with Crippen molar-refractivity contribution in [3.63, 3.8) is 0 Å². The van der Waals surface area contributed by atoms with Gasteiger partial charge in [-0.1, -0.05) is 141 Å². The lowest BCUT2D eigenvalue weighted by Crippen LogP contribution is -2.15. The van der Waals surface area contributed by atoms with E-state index in [1.807, 2.05) is 11.3 Å². The summed E-state index contributed by atoms with van der Waals surface area (Å²) in [6.07, 6.45) is 0. The maximum absolute atomic E-state index is 2.46. The predicted octanol–water partition coefficient (Wildman–Crippen LogP) is 14.5. The van der Waals surface area contributed by atoms with Crippen molar-refractivity contribution in [2.45, 2.75) is 19.3 Å². The lowest BCUT2D eigenvalue weighted by Gasteiger charge is -2.23. The Morgan fingerprint density at radius 3 is 1.83 bits per heavy atom. The molecule has 10 aromatic rings. The van der Waals surface area contributed by atoms with Crippen LogP contribution in [0.15, 0.2) is 176 Å². The van der Waals surface area contributed by atoms with Crippen molar-refractivity contribution in [3.05, 3.63) is 187 Å². The van der Waals surface area contributed by atoms with E-state index >= 15 is 0 Å². The SMILES string of the molecule is CC1(C)c2cc(-c3ccc4c5cc(-c6ccc(-c7ccccc7)cc6)ccc5n(-c5ccccc5)c4c3)ccc2-c2ccc3sc4ccccc4c3c21. The molecule has 1 aliphatic rings. The second-order valence-corrected chi connectivity index (χ2v) is 16.0. The fourth-order valence-electron chi connectivity index (χ4n) is 9.02. The molecule has 1 nitrogen and oxygen atoms in total. The first-order valence-corrected chi connectivity index (χ1v) is 19.2. The lowest BCUT2D eigenvalue weighted by atomic mass is 9.80. The van der Waals surface area contributed by atoms with Gasteiger partial charge in [0, 0.05) is 42.0 Å². The quantitative estimate of drug-likeness (QED) is 0.173. The summed E-state index contributed by atoms with van der Waals surface area (Å²) >= 11 is 1.91. The molecule has 0 aliphatic heterocycles. The molecule has 0 saturated heterocycles. The Kier molecular flexibility index (Phi) is 6.53. The van der Waals surface area contributed by atoms with Crippen LogP contribution in [0.25, 0.3) is 92.2 Å². The molecule has 0 amide bonds. The molecule has 0 saturated carbocycles. The molecule has 1 aliphatic carbocycles. The standard InChI is InChI=1S/C51H35NS/c1-51(2)44-30-36(21-24-39(44)41-26-28-48-49(50(41)51)42-15-9-10-16-47(42)53-48)37-22-25-40-43-29-35(34-19-17-33(18-20-34)32-11-5-3-6-12-32)23-27-45(43)52(46(40)31-37)38-13-7-4-8-14-38/h3-31H,1-2H3. The highest BCUT2D eigenvalue weighted by atomic mass is 32.1. The van der Waals surface area contributed by atoms with Crippen LogP contribution in [0.4, 0.5) is 0 Å². The number of rotatable bonds is 4. The third-order valence-corrected chi connectivity index (χ3v) is 12.7. The topological polar surface area (TPSA) is 4.93 Å². The molecule has 8 aromatic carbocycles. The van der Waals surface area contributed by atoms with Gasteiger partial charge in [-0.15, -0.1) is 11.3 Å². The Balaban J connectivity index is 1.05. The molecule has 0 spiro atoms. The smallest absolute Gasteiger partial charge is 0.0547 e. The summed E-state index contributed by atoms with van der Waals surface area (Å²) in [5.74, 6) is 0. The first kappa shape index (κ1) is 30.4. The van der Waals surface area contributed by atoms with Crippen LogP contribution in [0.2, 0.25) is 0 Å². The van der Waals surface area contributed by atoms with E-state index in [1.165, 1.54) is 103 Å². The van der Waals surface area contributed by atoms with E-state index in [0.29, 0.717) is 0 Å². The third kappa shape index (κ3) is 4.56. The summed E-state index contributed by atoms with van der Waals surface area (Å²) in [7, 11) is 0. The largest absolute Gasteiger partial charge is 0.309 e. The van der Waals surface area contributed by atoms with Crippen molar-refractivity contribution in [2.75, 3.05) is 0 Å². The molecule has 0 unspecified atom stereocenters. The van der Waals surface area contributed by atoms with Crippen LogP contribution < -0.4 is 0 Å². The average molecular weight is 694 g/mol. The van der Waals surface area contributed by atoms with E-state index in [4.69, 9.17) is 0 Å². The van der Waals surface area contributed by atoms with Crippen molar-refractivity contribution in [1.29, 1.82) is 0 Å². The minimum absolute atomic E-state index is 0.122. The van der Waals surface area contributed by atoms with Crippen LogP contribution in [-0.2, 0) is 5.41 Å². The molecule has 11 rings (SSSR count). The molecule has 2 heteroatoms. The molecular weight excluding hydrogens is 659 g/mol. The Hall–Kier alpha value is -6.22. The Morgan fingerprint density at radius 2 is 1.02 bits per heavy atom. The molecule has 53 heavy (non-hydrogen) atoms. The fraction of sp³-hybridized carbons (Fsp3) is 0.0588. The summed E-state index contributed by atoms with van der Waals surface area (Å²) in [4.78, 5) is 0. The maximum Gasteiger partial charge on any atom is 0.0547 e. The number of aromatic nitrogens is 1. The summed E-state index contributed by atoms with van der Waals surface area (Å²) in [6, 6.07) is 65.1. The number of thiophene rings is 1. The van der Waals surface area contributed by atoms with Crippen LogP contribution in [0.1, 0.15) is 25.0 Å². The number of nitrogens with zero attached hydrogens (tertiary/aromatic N) is 1. The van der Waals surface area contributed by atoms with E-state index in [9.17, 15) is 0 Å². The zero-order valence-corrected chi connectivity index (χ0v) is 30.4. The minimum Gasteiger partial charge on any atom is -0.309 e. The highest BCUT2D eigenvalue weighted by Gasteiger charge is 2.38. The summed E-state index contributed by atoms with van der Waals surface area (Å²) < 4.78 is 5.17. The Morgan fingerprint density at radius 1 is 0.415 bits per heavy atom. The molecule has 0 atom stereocenters. The highest BCUT2D eigenvalue weighted by Crippen LogP contribution is 2.54.